The molecule has 0 aromatic carbocycles. The Hall–Kier alpha value is -0.330. The maximum Gasteiger partial charge on any atom is 0.198 e. The van der Waals surface area contributed by atoms with E-state index in [0.29, 0.717) is 6.42 Å². The molecule has 0 rings (SSSR count). The van der Waals surface area contributed by atoms with Crippen LogP contribution in [0.3, 0.4) is 0 Å². The van der Waals surface area contributed by atoms with E-state index in [1.807, 2.05) is 6.29 Å². The van der Waals surface area contributed by atoms with E-state index in [-0.39, 0.29) is 0 Å². The van der Waals surface area contributed by atoms with Gasteiger partial charge in [0.15, 0.2) is 6.29 Å². The summed E-state index contributed by atoms with van der Waals surface area (Å²) in [6, 6.07) is 0. The van der Waals surface area contributed by atoms with Crippen LogP contribution in [0.5, 0.6) is 0 Å². The number of hydrogen-bond donors (Lipinski definition) is 0. The predicted molar refractivity (Wildman–Crippen MR) is 48.3 cm³/mol. The van der Waals surface area contributed by atoms with Crippen molar-refractivity contribution in [2.45, 2.75) is 58.3 Å². The van der Waals surface area contributed by atoms with Crippen LogP contribution in [-0.4, -0.2) is 6.29 Å². The molecule has 0 amide bonds. The fraction of sp³-hybridized carbons (Fsp3) is 0.900. The Balaban J connectivity index is 2.74. The van der Waals surface area contributed by atoms with Crippen LogP contribution in [0.1, 0.15) is 58.3 Å². The second-order valence-electron chi connectivity index (χ2n) is 3.02. The van der Waals surface area contributed by atoms with Gasteiger partial charge in [-0.15, -0.1) is 0 Å². The largest absolute Gasteiger partial charge is 0.291 e. The van der Waals surface area contributed by atoms with E-state index in [0.717, 1.165) is 6.42 Å². The quantitative estimate of drug-likeness (QED) is 0.492. The number of rotatable bonds is 8. The molecule has 0 heterocycles. The summed E-state index contributed by atoms with van der Waals surface area (Å²) in [5, 5.41) is 0. The summed E-state index contributed by atoms with van der Waals surface area (Å²) in [6.45, 7) is 2.22. The lowest BCUT2D eigenvalue weighted by atomic mass is 10.1. The minimum absolute atomic E-state index is 0.633. The number of carbonyl (C=O) groups excluding carboxylic acids is 1. The highest BCUT2D eigenvalue weighted by Gasteiger charge is 1.89. The van der Waals surface area contributed by atoms with E-state index < -0.39 is 0 Å². The molecule has 0 aliphatic carbocycles. The van der Waals surface area contributed by atoms with Crippen LogP contribution < -0.4 is 0 Å². The van der Waals surface area contributed by atoms with E-state index in [4.69, 9.17) is 0 Å². The Kier molecular flexibility index (Phi) is 9.38. The molecule has 1 radical (unpaired) electrons. The van der Waals surface area contributed by atoms with Crippen molar-refractivity contribution in [1.82, 2.24) is 0 Å². The van der Waals surface area contributed by atoms with Crippen molar-refractivity contribution < 1.29 is 4.79 Å². The topological polar surface area (TPSA) is 17.1 Å². The monoisotopic (exact) mass is 155 g/mol. The summed E-state index contributed by atoms with van der Waals surface area (Å²) in [5.41, 5.74) is 0. The van der Waals surface area contributed by atoms with E-state index >= 15 is 0 Å². The molecule has 0 aromatic rings. The van der Waals surface area contributed by atoms with Gasteiger partial charge in [-0.05, 0) is 6.42 Å². The Morgan fingerprint density at radius 3 is 2.00 bits per heavy atom. The van der Waals surface area contributed by atoms with Crippen LogP contribution in [0.2, 0.25) is 0 Å². The van der Waals surface area contributed by atoms with Crippen LogP contribution in [0.25, 0.3) is 0 Å². The average molecular weight is 155 g/mol. The van der Waals surface area contributed by atoms with Crippen LogP contribution in [-0.2, 0) is 4.79 Å². The zero-order valence-corrected chi connectivity index (χ0v) is 7.57. The minimum atomic E-state index is 0.633. The first kappa shape index (κ1) is 10.7. The first-order valence-corrected chi connectivity index (χ1v) is 4.76. The maximum absolute atomic E-state index is 9.82. The Morgan fingerprint density at radius 2 is 1.45 bits per heavy atom. The summed E-state index contributed by atoms with van der Waals surface area (Å²) in [5.74, 6) is 0. The molecule has 0 saturated heterocycles. The third-order valence-corrected chi connectivity index (χ3v) is 1.88. The van der Waals surface area contributed by atoms with E-state index in [1.165, 1.54) is 38.5 Å². The molecule has 0 unspecified atom stereocenters. The van der Waals surface area contributed by atoms with Crippen molar-refractivity contribution in [1.29, 1.82) is 0 Å². The number of hydrogen-bond acceptors (Lipinski definition) is 1. The molecule has 0 aliphatic rings. The van der Waals surface area contributed by atoms with Gasteiger partial charge in [0.25, 0.3) is 0 Å². The normalized spacial score (nSPS) is 9.91. The first-order chi connectivity index (χ1) is 5.41. The van der Waals surface area contributed by atoms with Crippen LogP contribution in [0.4, 0.5) is 0 Å². The van der Waals surface area contributed by atoms with Gasteiger partial charge in [-0.3, -0.25) is 4.79 Å². The standard InChI is InChI=1S/C10H19O/c1-2-3-4-5-6-7-8-9-10-11/h2-9H2,1H3. The molecule has 1 heteroatoms. The molecule has 0 spiro atoms. The second kappa shape index (κ2) is 9.67. The van der Waals surface area contributed by atoms with Crippen molar-refractivity contribution in [3.63, 3.8) is 0 Å². The van der Waals surface area contributed by atoms with Crippen molar-refractivity contribution in [2.24, 2.45) is 0 Å². The second-order valence-corrected chi connectivity index (χ2v) is 3.02. The van der Waals surface area contributed by atoms with Crippen molar-refractivity contribution in [2.75, 3.05) is 0 Å². The van der Waals surface area contributed by atoms with Crippen molar-refractivity contribution in [3.05, 3.63) is 0 Å². The van der Waals surface area contributed by atoms with Gasteiger partial charge >= 0.3 is 0 Å². The molecule has 0 fully saturated rings. The number of unbranched alkanes of at least 4 members (excludes halogenated alkanes) is 7. The SMILES string of the molecule is CCCCCCCCC[C]=O. The zero-order valence-electron chi connectivity index (χ0n) is 7.57. The Morgan fingerprint density at radius 1 is 0.909 bits per heavy atom. The summed E-state index contributed by atoms with van der Waals surface area (Å²) >= 11 is 0. The molecule has 65 valence electrons. The zero-order chi connectivity index (χ0) is 8.36. The summed E-state index contributed by atoms with van der Waals surface area (Å²) < 4.78 is 0. The van der Waals surface area contributed by atoms with Crippen LogP contribution in [0.15, 0.2) is 0 Å². The van der Waals surface area contributed by atoms with Gasteiger partial charge in [0, 0.05) is 6.42 Å². The fourth-order valence-corrected chi connectivity index (χ4v) is 1.15. The van der Waals surface area contributed by atoms with Crippen LogP contribution >= 0.6 is 0 Å². The van der Waals surface area contributed by atoms with Gasteiger partial charge < -0.3 is 0 Å². The van der Waals surface area contributed by atoms with Crippen LogP contribution in [0, 0.1) is 0 Å². The smallest absolute Gasteiger partial charge is 0.198 e. The average Bonchev–Trinajstić information content (AvgIpc) is 2.03. The summed E-state index contributed by atoms with van der Waals surface area (Å²) in [7, 11) is 0. The first-order valence-electron chi connectivity index (χ1n) is 4.76. The molecule has 0 atom stereocenters. The van der Waals surface area contributed by atoms with Crippen molar-refractivity contribution in [3.8, 4) is 0 Å². The fourth-order valence-electron chi connectivity index (χ4n) is 1.15. The van der Waals surface area contributed by atoms with Gasteiger partial charge in [-0.25, -0.2) is 0 Å². The molecular formula is C10H19O. The van der Waals surface area contributed by atoms with Gasteiger partial charge in [0.1, 0.15) is 0 Å². The van der Waals surface area contributed by atoms with Gasteiger partial charge in [0.2, 0.25) is 0 Å². The van der Waals surface area contributed by atoms with E-state index in [9.17, 15) is 4.79 Å². The van der Waals surface area contributed by atoms with E-state index in [2.05, 4.69) is 6.92 Å². The summed E-state index contributed by atoms with van der Waals surface area (Å²) in [4.78, 5) is 9.82. The lowest BCUT2D eigenvalue weighted by Gasteiger charge is -1.97. The lowest BCUT2D eigenvalue weighted by molar-refractivity contribution is 0.540. The van der Waals surface area contributed by atoms with Crippen molar-refractivity contribution >= 4 is 6.29 Å². The van der Waals surface area contributed by atoms with E-state index in [1.54, 1.807) is 0 Å². The van der Waals surface area contributed by atoms with Gasteiger partial charge in [-0.2, -0.15) is 0 Å². The predicted octanol–water partition coefficient (Wildman–Crippen LogP) is 3.24. The molecule has 1 nitrogen and oxygen atoms in total. The molecule has 0 N–H and O–H groups in total. The highest BCUT2D eigenvalue weighted by molar-refractivity contribution is 5.50. The Bertz CT molecular complexity index is 78.9. The minimum Gasteiger partial charge on any atom is -0.291 e. The molecule has 11 heavy (non-hydrogen) atoms. The Labute approximate surface area is 70.2 Å². The summed E-state index contributed by atoms with van der Waals surface area (Å²) in [6.07, 6.45) is 11.5. The third kappa shape index (κ3) is 9.67. The molecular weight excluding hydrogens is 136 g/mol. The maximum atomic E-state index is 9.82. The van der Waals surface area contributed by atoms with Gasteiger partial charge in [-0.1, -0.05) is 45.4 Å². The molecule has 0 aliphatic heterocycles. The third-order valence-electron chi connectivity index (χ3n) is 1.88. The molecule has 0 aromatic heterocycles. The lowest BCUT2D eigenvalue weighted by Crippen LogP contribution is -1.80. The molecule has 0 bridgehead atoms. The highest BCUT2D eigenvalue weighted by Crippen LogP contribution is 2.07. The highest BCUT2D eigenvalue weighted by atomic mass is 16.1. The molecule has 0 saturated carbocycles. The van der Waals surface area contributed by atoms with Gasteiger partial charge in [0.05, 0.1) is 0 Å².